The van der Waals surface area contributed by atoms with Crippen molar-refractivity contribution >= 4 is 17.5 Å². The minimum Gasteiger partial charge on any atom is -0.349 e. The molecule has 1 heterocycles. The van der Waals surface area contributed by atoms with E-state index in [-0.39, 0.29) is 17.9 Å². The second-order valence-electron chi connectivity index (χ2n) is 7.52. The summed E-state index contributed by atoms with van der Waals surface area (Å²) >= 11 is 6.27. The van der Waals surface area contributed by atoms with Crippen LogP contribution in [0.3, 0.4) is 0 Å². The fraction of sp³-hybridized carbons (Fsp3) is 0.435. The summed E-state index contributed by atoms with van der Waals surface area (Å²) in [6.07, 6.45) is 2.71. The van der Waals surface area contributed by atoms with Gasteiger partial charge in [0.05, 0.1) is 6.04 Å². The SMILES string of the molecule is CCC(NC(=O)C1CCN(Cc2ccccc2Cl)CC1)c1ccc(C)cc1. The second kappa shape index (κ2) is 9.38. The van der Waals surface area contributed by atoms with Crippen LogP contribution in [-0.2, 0) is 11.3 Å². The minimum atomic E-state index is 0.0965. The van der Waals surface area contributed by atoms with Crippen LogP contribution in [0.5, 0.6) is 0 Å². The number of hydrogen-bond donors (Lipinski definition) is 1. The summed E-state index contributed by atoms with van der Waals surface area (Å²) < 4.78 is 0. The van der Waals surface area contributed by atoms with Gasteiger partial charge in [0.1, 0.15) is 0 Å². The van der Waals surface area contributed by atoms with Crippen molar-refractivity contribution in [3.8, 4) is 0 Å². The fourth-order valence-electron chi connectivity index (χ4n) is 3.73. The first-order chi connectivity index (χ1) is 13.1. The van der Waals surface area contributed by atoms with Crippen molar-refractivity contribution in [2.24, 2.45) is 5.92 Å². The third kappa shape index (κ3) is 5.33. The number of carbonyl (C=O) groups excluding carboxylic acids is 1. The fourth-order valence-corrected chi connectivity index (χ4v) is 3.93. The molecule has 2 aromatic carbocycles. The van der Waals surface area contributed by atoms with Crippen LogP contribution in [0.2, 0.25) is 5.02 Å². The van der Waals surface area contributed by atoms with Crippen molar-refractivity contribution in [3.63, 3.8) is 0 Å². The van der Waals surface area contributed by atoms with Crippen LogP contribution in [0.25, 0.3) is 0 Å². The Labute approximate surface area is 167 Å². The lowest BCUT2D eigenvalue weighted by Gasteiger charge is -2.32. The number of nitrogens with one attached hydrogen (secondary N) is 1. The summed E-state index contributed by atoms with van der Waals surface area (Å²) in [5.74, 6) is 0.298. The monoisotopic (exact) mass is 384 g/mol. The van der Waals surface area contributed by atoms with Gasteiger partial charge >= 0.3 is 0 Å². The van der Waals surface area contributed by atoms with Crippen LogP contribution >= 0.6 is 11.6 Å². The maximum absolute atomic E-state index is 12.8. The largest absolute Gasteiger partial charge is 0.349 e. The molecule has 3 nitrogen and oxygen atoms in total. The first-order valence-electron chi connectivity index (χ1n) is 9.89. The van der Waals surface area contributed by atoms with Gasteiger partial charge in [-0.25, -0.2) is 0 Å². The van der Waals surface area contributed by atoms with Crippen LogP contribution in [0.4, 0.5) is 0 Å². The molecular weight excluding hydrogens is 356 g/mol. The smallest absolute Gasteiger partial charge is 0.223 e. The number of carbonyl (C=O) groups is 1. The maximum atomic E-state index is 12.8. The van der Waals surface area contributed by atoms with Crippen molar-refractivity contribution < 1.29 is 4.79 Å². The standard InChI is InChI=1S/C23H29ClN2O/c1-3-22(18-10-8-17(2)9-11-18)25-23(27)19-12-14-26(15-13-19)16-20-6-4-5-7-21(20)24/h4-11,19,22H,3,12-16H2,1-2H3,(H,25,27). The Balaban J connectivity index is 1.52. The quantitative estimate of drug-likeness (QED) is 0.748. The highest BCUT2D eigenvalue weighted by molar-refractivity contribution is 6.31. The third-order valence-electron chi connectivity index (χ3n) is 5.51. The minimum absolute atomic E-state index is 0.0965. The highest BCUT2D eigenvalue weighted by atomic mass is 35.5. The van der Waals surface area contributed by atoms with Gasteiger partial charge in [-0.1, -0.05) is 66.6 Å². The zero-order chi connectivity index (χ0) is 19.2. The molecule has 144 valence electrons. The molecule has 4 heteroatoms. The van der Waals surface area contributed by atoms with E-state index in [4.69, 9.17) is 11.6 Å². The normalized spacial score (nSPS) is 16.9. The molecule has 1 atom stereocenters. The average molecular weight is 385 g/mol. The Morgan fingerprint density at radius 1 is 1.15 bits per heavy atom. The molecular formula is C23H29ClN2O. The molecule has 1 saturated heterocycles. The first kappa shape index (κ1) is 19.9. The second-order valence-corrected chi connectivity index (χ2v) is 7.93. The van der Waals surface area contributed by atoms with E-state index in [0.717, 1.165) is 49.5 Å². The molecule has 0 bridgehead atoms. The van der Waals surface area contributed by atoms with E-state index in [2.05, 4.69) is 54.4 Å². The van der Waals surface area contributed by atoms with Gasteiger partial charge in [0.15, 0.2) is 0 Å². The molecule has 0 radical (unpaired) electrons. The van der Waals surface area contributed by atoms with Crippen molar-refractivity contribution in [2.45, 2.75) is 45.7 Å². The molecule has 2 aromatic rings. The predicted octanol–water partition coefficient (Wildman–Crippen LogP) is 5.13. The zero-order valence-corrected chi connectivity index (χ0v) is 17.0. The topological polar surface area (TPSA) is 32.3 Å². The molecule has 1 unspecified atom stereocenters. The van der Waals surface area contributed by atoms with E-state index < -0.39 is 0 Å². The maximum Gasteiger partial charge on any atom is 0.223 e. The number of benzene rings is 2. The molecule has 27 heavy (non-hydrogen) atoms. The highest BCUT2D eigenvalue weighted by Gasteiger charge is 2.26. The Bertz CT molecular complexity index is 751. The molecule has 1 fully saturated rings. The molecule has 0 spiro atoms. The van der Waals surface area contributed by atoms with E-state index in [1.807, 2.05) is 18.2 Å². The van der Waals surface area contributed by atoms with Crippen LogP contribution in [0.1, 0.15) is 48.9 Å². The molecule has 0 saturated carbocycles. The zero-order valence-electron chi connectivity index (χ0n) is 16.2. The molecule has 1 N–H and O–H groups in total. The van der Waals surface area contributed by atoms with Gasteiger partial charge < -0.3 is 5.32 Å². The lowest BCUT2D eigenvalue weighted by molar-refractivity contribution is -0.127. The van der Waals surface area contributed by atoms with Crippen LogP contribution in [-0.4, -0.2) is 23.9 Å². The van der Waals surface area contributed by atoms with E-state index in [1.54, 1.807) is 0 Å². The number of aryl methyl sites for hydroxylation is 1. The van der Waals surface area contributed by atoms with Gasteiger partial charge in [-0.2, -0.15) is 0 Å². The lowest BCUT2D eigenvalue weighted by atomic mass is 9.94. The molecule has 1 amide bonds. The number of nitrogens with zero attached hydrogens (tertiary/aromatic N) is 1. The van der Waals surface area contributed by atoms with E-state index in [0.29, 0.717) is 0 Å². The Morgan fingerprint density at radius 3 is 2.44 bits per heavy atom. The Kier molecular flexibility index (Phi) is 6.92. The molecule has 1 aliphatic heterocycles. The van der Waals surface area contributed by atoms with E-state index in [1.165, 1.54) is 11.1 Å². The predicted molar refractivity (Wildman–Crippen MR) is 112 cm³/mol. The first-order valence-corrected chi connectivity index (χ1v) is 10.3. The molecule has 0 aliphatic carbocycles. The van der Waals surface area contributed by atoms with Crippen molar-refractivity contribution in [1.29, 1.82) is 0 Å². The average Bonchev–Trinajstić information content (AvgIpc) is 2.69. The lowest BCUT2D eigenvalue weighted by Crippen LogP contribution is -2.41. The number of rotatable bonds is 6. The third-order valence-corrected chi connectivity index (χ3v) is 5.88. The van der Waals surface area contributed by atoms with Crippen LogP contribution < -0.4 is 5.32 Å². The molecule has 1 aliphatic rings. The van der Waals surface area contributed by atoms with E-state index >= 15 is 0 Å². The summed E-state index contributed by atoms with van der Waals surface area (Å²) in [5.41, 5.74) is 3.59. The van der Waals surface area contributed by atoms with Gasteiger partial charge in [-0.05, 0) is 56.5 Å². The summed E-state index contributed by atoms with van der Waals surface area (Å²) in [4.78, 5) is 15.2. The Hall–Kier alpha value is -1.84. The number of piperidine rings is 1. The van der Waals surface area contributed by atoms with E-state index in [9.17, 15) is 4.79 Å². The van der Waals surface area contributed by atoms with Gasteiger partial charge in [0, 0.05) is 17.5 Å². The Morgan fingerprint density at radius 2 is 1.81 bits per heavy atom. The summed E-state index contributed by atoms with van der Waals surface area (Å²) in [5, 5.41) is 4.09. The van der Waals surface area contributed by atoms with Crippen molar-refractivity contribution in [2.75, 3.05) is 13.1 Å². The summed E-state index contributed by atoms with van der Waals surface area (Å²) in [6, 6.07) is 16.6. The molecule has 0 aromatic heterocycles. The van der Waals surface area contributed by atoms with Gasteiger partial charge in [-0.3, -0.25) is 9.69 Å². The van der Waals surface area contributed by atoms with Crippen LogP contribution in [0, 0.1) is 12.8 Å². The van der Waals surface area contributed by atoms with Crippen LogP contribution in [0.15, 0.2) is 48.5 Å². The van der Waals surface area contributed by atoms with Gasteiger partial charge in [0.25, 0.3) is 0 Å². The number of likely N-dealkylation sites (tertiary alicyclic amines) is 1. The number of hydrogen-bond acceptors (Lipinski definition) is 2. The number of amides is 1. The highest BCUT2D eigenvalue weighted by Crippen LogP contribution is 2.24. The van der Waals surface area contributed by atoms with Gasteiger partial charge in [-0.15, -0.1) is 0 Å². The van der Waals surface area contributed by atoms with Crippen molar-refractivity contribution in [3.05, 3.63) is 70.2 Å². The summed E-state index contributed by atoms with van der Waals surface area (Å²) in [6.45, 7) is 6.93. The number of halogens is 1. The molecule has 3 rings (SSSR count). The summed E-state index contributed by atoms with van der Waals surface area (Å²) in [7, 11) is 0. The van der Waals surface area contributed by atoms with Gasteiger partial charge in [0.2, 0.25) is 5.91 Å². The van der Waals surface area contributed by atoms with Crippen molar-refractivity contribution in [1.82, 2.24) is 10.2 Å².